The number of amides is 1. The van der Waals surface area contributed by atoms with Gasteiger partial charge in [-0.2, -0.15) is 0 Å². The molecule has 3 rings (SSSR count). The van der Waals surface area contributed by atoms with Gasteiger partial charge in [-0.15, -0.1) is 0 Å². The molecule has 1 amide bonds. The average molecular weight is 382 g/mol. The second-order valence-electron chi connectivity index (χ2n) is 5.11. The number of aromatic amines is 1. The van der Waals surface area contributed by atoms with Gasteiger partial charge in [-0.05, 0) is 35.3 Å². The Morgan fingerprint density at radius 3 is 3.05 bits per heavy atom. The van der Waals surface area contributed by atoms with Crippen LogP contribution in [0.1, 0.15) is 22.7 Å². The molecule has 0 radical (unpaired) electrons. The van der Waals surface area contributed by atoms with Crippen molar-refractivity contribution in [2.45, 2.75) is 19.9 Å². The molecule has 0 spiro atoms. The number of aromatic nitrogens is 4. The Balaban J connectivity index is 1.59. The fourth-order valence-corrected chi connectivity index (χ4v) is 3.69. The predicted molar refractivity (Wildman–Crippen MR) is 90.2 cm³/mol. The van der Waals surface area contributed by atoms with E-state index in [1.165, 1.54) is 11.3 Å². The van der Waals surface area contributed by atoms with E-state index >= 15 is 0 Å². The first-order chi connectivity index (χ1) is 10.5. The van der Waals surface area contributed by atoms with Gasteiger partial charge in [-0.1, -0.05) is 11.3 Å². The summed E-state index contributed by atoms with van der Waals surface area (Å²) in [7, 11) is 1.82. The number of hydrogen-bond acceptors (Lipinski definition) is 4. The summed E-state index contributed by atoms with van der Waals surface area (Å²) in [5.74, 6) is 0.985. The van der Waals surface area contributed by atoms with Crippen molar-refractivity contribution in [3.05, 3.63) is 33.9 Å². The average Bonchev–Trinajstić information content (AvgIpc) is 3.13. The quantitative estimate of drug-likeness (QED) is 0.738. The van der Waals surface area contributed by atoms with Gasteiger partial charge in [0, 0.05) is 32.5 Å². The molecular formula is C14H16BrN5OS. The number of carbonyl (C=O) groups excluding carboxylic acids is 1. The van der Waals surface area contributed by atoms with Crippen LogP contribution in [-0.2, 0) is 6.54 Å². The van der Waals surface area contributed by atoms with Crippen molar-refractivity contribution in [3.63, 3.8) is 0 Å². The van der Waals surface area contributed by atoms with Crippen molar-refractivity contribution in [1.82, 2.24) is 24.4 Å². The minimum Gasteiger partial charge on any atom is -0.341 e. The summed E-state index contributed by atoms with van der Waals surface area (Å²) in [4.78, 5) is 26.7. The molecule has 0 fully saturated rings. The van der Waals surface area contributed by atoms with E-state index in [2.05, 4.69) is 35.4 Å². The number of hydrogen-bond donors (Lipinski definition) is 1. The highest BCUT2D eigenvalue weighted by Gasteiger charge is 2.16. The van der Waals surface area contributed by atoms with Gasteiger partial charge in [0.25, 0.3) is 5.91 Å². The zero-order chi connectivity index (χ0) is 15.7. The number of nitrogens with one attached hydrogen (secondary N) is 1. The Kier molecular flexibility index (Phi) is 4.30. The van der Waals surface area contributed by atoms with E-state index in [-0.39, 0.29) is 5.91 Å². The third-order valence-corrected chi connectivity index (χ3v) is 4.99. The van der Waals surface area contributed by atoms with Crippen LogP contribution in [0.3, 0.4) is 0 Å². The monoisotopic (exact) mass is 381 g/mol. The molecule has 0 aliphatic rings. The minimum atomic E-state index is -0.0105. The number of imidazole rings is 1. The molecule has 3 aromatic rings. The summed E-state index contributed by atoms with van der Waals surface area (Å²) in [6, 6.07) is 1.80. The van der Waals surface area contributed by atoms with Crippen molar-refractivity contribution < 1.29 is 4.79 Å². The highest BCUT2D eigenvalue weighted by atomic mass is 79.9. The third-order valence-electron chi connectivity index (χ3n) is 3.55. The van der Waals surface area contributed by atoms with Crippen molar-refractivity contribution >= 4 is 43.5 Å². The van der Waals surface area contributed by atoms with Gasteiger partial charge >= 0.3 is 0 Å². The molecule has 0 atom stereocenters. The van der Waals surface area contributed by atoms with Crippen LogP contribution in [0.5, 0.6) is 0 Å². The molecule has 1 N–H and O–H groups in total. The molecule has 0 aromatic carbocycles. The summed E-state index contributed by atoms with van der Waals surface area (Å²) in [5, 5.41) is 0. The van der Waals surface area contributed by atoms with Gasteiger partial charge in [0.05, 0.1) is 0 Å². The molecule has 0 aliphatic carbocycles. The van der Waals surface area contributed by atoms with E-state index in [4.69, 9.17) is 0 Å². The lowest BCUT2D eigenvalue weighted by Crippen LogP contribution is -2.28. The van der Waals surface area contributed by atoms with E-state index < -0.39 is 0 Å². The number of thiazole rings is 1. The zero-order valence-electron chi connectivity index (χ0n) is 12.3. The van der Waals surface area contributed by atoms with Crippen molar-refractivity contribution in [2.75, 3.05) is 13.6 Å². The van der Waals surface area contributed by atoms with Gasteiger partial charge in [0.1, 0.15) is 21.9 Å². The Morgan fingerprint density at radius 2 is 2.36 bits per heavy atom. The SMILES string of the molecule is Cc1nccn1CCCN(C)C(=O)c1cc2nc(Br)sc2[nH]1. The summed E-state index contributed by atoms with van der Waals surface area (Å²) in [6.45, 7) is 3.53. The molecule has 0 aliphatic heterocycles. The number of carbonyl (C=O) groups is 1. The summed E-state index contributed by atoms with van der Waals surface area (Å²) >= 11 is 4.83. The van der Waals surface area contributed by atoms with Gasteiger partial charge in [-0.25, -0.2) is 9.97 Å². The third kappa shape index (κ3) is 3.07. The van der Waals surface area contributed by atoms with Crippen LogP contribution < -0.4 is 0 Å². The highest BCUT2D eigenvalue weighted by Crippen LogP contribution is 2.26. The predicted octanol–water partition coefficient (Wildman–Crippen LogP) is 3.05. The summed E-state index contributed by atoms with van der Waals surface area (Å²) in [5.41, 5.74) is 1.41. The maximum absolute atomic E-state index is 12.4. The molecule has 8 heteroatoms. The van der Waals surface area contributed by atoms with E-state index in [9.17, 15) is 4.79 Å². The van der Waals surface area contributed by atoms with E-state index in [1.54, 1.807) is 17.2 Å². The van der Waals surface area contributed by atoms with Crippen molar-refractivity contribution in [1.29, 1.82) is 0 Å². The van der Waals surface area contributed by atoms with Crippen LogP contribution in [0.4, 0.5) is 0 Å². The molecule has 22 heavy (non-hydrogen) atoms. The first kappa shape index (κ1) is 15.2. The van der Waals surface area contributed by atoms with E-state index in [1.807, 2.05) is 20.2 Å². The van der Waals surface area contributed by atoms with Crippen LogP contribution >= 0.6 is 27.3 Å². The standard InChI is InChI=1S/C14H16BrN5OS/c1-9-16-4-7-20(9)6-3-5-19(2)13(21)11-8-10-12(17-11)22-14(15)18-10/h4,7-8,17H,3,5-6H2,1-2H3. The fourth-order valence-electron chi connectivity index (χ4n) is 2.33. The van der Waals surface area contributed by atoms with Crippen LogP contribution in [0.25, 0.3) is 10.3 Å². The Labute approximate surface area is 140 Å². The molecule has 3 heterocycles. The molecular weight excluding hydrogens is 366 g/mol. The number of halogens is 1. The van der Waals surface area contributed by atoms with Gasteiger partial charge in [0.15, 0.2) is 3.92 Å². The van der Waals surface area contributed by atoms with Crippen LogP contribution in [0, 0.1) is 6.92 Å². The number of nitrogens with zero attached hydrogens (tertiary/aromatic N) is 4. The number of aryl methyl sites for hydroxylation is 2. The molecule has 116 valence electrons. The normalized spacial score (nSPS) is 11.2. The maximum Gasteiger partial charge on any atom is 0.270 e. The Hall–Kier alpha value is -1.67. The van der Waals surface area contributed by atoms with Gasteiger partial charge in [-0.3, -0.25) is 4.79 Å². The largest absolute Gasteiger partial charge is 0.341 e. The lowest BCUT2D eigenvalue weighted by molar-refractivity contribution is 0.0787. The maximum atomic E-state index is 12.4. The zero-order valence-corrected chi connectivity index (χ0v) is 14.7. The molecule has 0 unspecified atom stereocenters. The number of rotatable bonds is 5. The van der Waals surface area contributed by atoms with Crippen LogP contribution in [0.15, 0.2) is 22.4 Å². The fraction of sp³-hybridized carbons (Fsp3) is 0.357. The minimum absolute atomic E-state index is 0.0105. The number of H-pyrrole nitrogens is 1. The lowest BCUT2D eigenvalue weighted by Gasteiger charge is -2.16. The first-order valence-electron chi connectivity index (χ1n) is 6.93. The second-order valence-corrected chi connectivity index (χ2v) is 7.39. The Bertz CT molecular complexity index is 774. The Morgan fingerprint density at radius 1 is 1.55 bits per heavy atom. The lowest BCUT2D eigenvalue weighted by atomic mass is 10.3. The van der Waals surface area contributed by atoms with Crippen molar-refractivity contribution in [2.24, 2.45) is 0 Å². The van der Waals surface area contributed by atoms with Crippen LogP contribution in [-0.4, -0.2) is 43.9 Å². The van der Waals surface area contributed by atoms with Crippen LogP contribution in [0.2, 0.25) is 0 Å². The highest BCUT2D eigenvalue weighted by molar-refractivity contribution is 9.11. The summed E-state index contributed by atoms with van der Waals surface area (Å²) < 4.78 is 2.90. The van der Waals surface area contributed by atoms with E-state index in [0.29, 0.717) is 12.2 Å². The van der Waals surface area contributed by atoms with Crippen molar-refractivity contribution in [3.8, 4) is 0 Å². The molecule has 6 nitrogen and oxygen atoms in total. The first-order valence-corrected chi connectivity index (χ1v) is 8.54. The van der Waals surface area contributed by atoms with E-state index in [0.717, 1.165) is 33.1 Å². The molecule has 0 saturated heterocycles. The number of fused-ring (bicyclic) bond motifs is 1. The topological polar surface area (TPSA) is 66.8 Å². The van der Waals surface area contributed by atoms with Gasteiger partial charge in [0.2, 0.25) is 0 Å². The molecule has 0 bridgehead atoms. The van der Waals surface area contributed by atoms with Gasteiger partial charge < -0.3 is 14.5 Å². The second kappa shape index (κ2) is 6.21. The smallest absolute Gasteiger partial charge is 0.270 e. The summed E-state index contributed by atoms with van der Waals surface area (Å²) in [6.07, 6.45) is 4.64. The molecule has 0 saturated carbocycles. The molecule has 3 aromatic heterocycles.